The van der Waals surface area contributed by atoms with Crippen molar-refractivity contribution in [2.75, 3.05) is 26.7 Å². The maximum atomic E-state index is 12.4. The summed E-state index contributed by atoms with van der Waals surface area (Å²) in [6.45, 7) is 1.71. The molecule has 1 atom stereocenters. The van der Waals surface area contributed by atoms with Crippen molar-refractivity contribution in [3.05, 3.63) is 57.8 Å². The van der Waals surface area contributed by atoms with Gasteiger partial charge in [0.15, 0.2) is 0 Å². The fraction of sp³-hybridized carbons (Fsp3) is 0.400. The molecule has 1 unspecified atom stereocenters. The van der Waals surface area contributed by atoms with Crippen molar-refractivity contribution < 1.29 is 14.3 Å². The molecule has 0 aliphatic carbocycles. The molecule has 0 fully saturated rings. The SMILES string of the molecule is COC(=O)CCCNC(=O)CN1CCc2sccc2C1c1ccccc1. The molecule has 1 amide bonds. The van der Waals surface area contributed by atoms with Crippen LogP contribution >= 0.6 is 11.3 Å². The van der Waals surface area contributed by atoms with Crippen LogP contribution in [0.3, 0.4) is 0 Å². The van der Waals surface area contributed by atoms with Crippen LogP contribution in [0.25, 0.3) is 0 Å². The second-order valence-corrected chi connectivity index (χ2v) is 7.36. The summed E-state index contributed by atoms with van der Waals surface area (Å²) >= 11 is 1.80. The predicted molar refractivity (Wildman–Crippen MR) is 102 cm³/mol. The lowest BCUT2D eigenvalue weighted by Crippen LogP contribution is -2.43. The minimum absolute atomic E-state index is 0.00511. The fourth-order valence-electron chi connectivity index (χ4n) is 3.37. The van der Waals surface area contributed by atoms with Gasteiger partial charge < -0.3 is 10.1 Å². The third-order valence-electron chi connectivity index (χ3n) is 4.64. The van der Waals surface area contributed by atoms with E-state index in [1.807, 2.05) is 18.2 Å². The van der Waals surface area contributed by atoms with Gasteiger partial charge in [0.2, 0.25) is 5.91 Å². The summed E-state index contributed by atoms with van der Waals surface area (Å²) in [6.07, 6.45) is 1.90. The van der Waals surface area contributed by atoms with Gasteiger partial charge in [-0.1, -0.05) is 30.3 Å². The van der Waals surface area contributed by atoms with Gasteiger partial charge in [0.05, 0.1) is 19.7 Å². The van der Waals surface area contributed by atoms with Crippen LogP contribution in [0.5, 0.6) is 0 Å². The van der Waals surface area contributed by atoms with Crippen LogP contribution in [0.1, 0.15) is 34.9 Å². The standard InChI is InChI=1S/C20H24N2O3S/c1-25-19(24)8-5-11-21-18(23)14-22-12-9-17-16(10-13-26-17)20(22)15-6-3-2-4-7-15/h2-4,6-7,10,13,20H,5,8-9,11-12,14H2,1H3,(H,21,23). The quantitative estimate of drug-likeness (QED) is 0.600. The molecule has 1 aromatic heterocycles. The van der Waals surface area contributed by atoms with Crippen molar-refractivity contribution in [3.8, 4) is 0 Å². The molecule has 1 aliphatic rings. The van der Waals surface area contributed by atoms with Crippen LogP contribution in [0.4, 0.5) is 0 Å². The number of benzene rings is 1. The Balaban J connectivity index is 1.63. The van der Waals surface area contributed by atoms with E-state index in [4.69, 9.17) is 0 Å². The average molecular weight is 372 g/mol. The Hall–Kier alpha value is -2.18. The Bertz CT molecular complexity index is 745. The van der Waals surface area contributed by atoms with Crippen molar-refractivity contribution >= 4 is 23.2 Å². The summed E-state index contributed by atoms with van der Waals surface area (Å²) in [5.41, 5.74) is 2.52. The number of esters is 1. The van der Waals surface area contributed by atoms with Gasteiger partial charge in [-0.3, -0.25) is 14.5 Å². The minimum atomic E-state index is -0.246. The van der Waals surface area contributed by atoms with Gasteiger partial charge in [-0.05, 0) is 35.4 Å². The number of ether oxygens (including phenoxy) is 1. The molecule has 26 heavy (non-hydrogen) atoms. The zero-order valence-corrected chi connectivity index (χ0v) is 15.8. The molecule has 0 spiro atoms. The Morgan fingerprint density at radius 1 is 1.27 bits per heavy atom. The second kappa shape index (κ2) is 8.96. The van der Waals surface area contributed by atoms with Crippen LogP contribution in [-0.2, 0) is 20.7 Å². The number of carbonyl (C=O) groups excluding carboxylic acids is 2. The molecule has 138 valence electrons. The summed E-state index contributed by atoms with van der Waals surface area (Å²) in [4.78, 5) is 27.2. The Kier molecular flexibility index (Phi) is 6.41. The smallest absolute Gasteiger partial charge is 0.305 e. The predicted octanol–water partition coefficient (Wildman–Crippen LogP) is 2.77. The normalized spacial score (nSPS) is 16.7. The van der Waals surface area contributed by atoms with Crippen LogP contribution < -0.4 is 5.32 Å². The molecule has 2 heterocycles. The highest BCUT2D eigenvalue weighted by Crippen LogP contribution is 2.37. The molecule has 1 aliphatic heterocycles. The molecule has 1 aromatic carbocycles. The minimum Gasteiger partial charge on any atom is -0.469 e. The fourth-order valence-corrected chi connectivity index (χ4v) is 4.27. The highest BCUT2D eigenvalue weighted by molar-refractivity contribution is 7.10. The van der Waals surface area contributed by atoms with E-state index in [1.54, 1.807) is 11.3 Å². The first-order valence-electron chi connectivity index (χ1n) is 8.88. The number of nitrogens with zero attached hydrogens (tertiary/aromatic N) is 1. The maximum Gasteiger partial charge on any atom is 0.305 e. The number of fused-ring (bicyclic) bond motifs is 1. The Morgan fingerprint density at radius 2 is 2.08 bits per heavy atom. The highest BCUT2D eigenvalue weighted by Gasteiger charge is 2.30. The lowest BCUT2D eigenvalue weighted by atomic mass is 9.93. The molecule has 0 saturated carbocycles. The molecule has 2 aromatic rings. The highest BCUT2D eigenvalue weighted by atomic mass is 32.1. The topological polar surface area (TPSA) is 58.6 Å². The number of nitrogens with one attached hydrogen (secondary N) is 1. The van der Waals surface area contributed by atoms with E-state index in [0.717, 1.165) is 13.0 Å². The van der Waals surface area contributed by atoms with E-state index < -0.39 is 0 Å². The van der Waals surface area contributed by atoms with E-state index in [1.165, 1.54) is 23.1 Å². The van der Waals surface area contributed by atoms with Crippen LogP contribution in [0.15, 0.2) is 41.8 Å². The van der Waals surface area contributed by atoms with Crippen molar-refractivity contribution in [3.63, 3.8) is 0 Å². The maximum absolute atomic E-state index is 12.4. The summed E-state index contributed by atoms with van der Waals surface area (Å²) < 4.78 is 4.61. The van der Waals surface area contributed by atoms with Gasteiger partial charge >= 0.3 is 5.97 Å². The molecular formula is C20H24N2O3S. The van der Waals surface area contributed by atoms with E-state index in [9.17, 15) is 9.59 Å². The zero-order valence-electron chi connectivity index (χ0n) is 14.9. The number of thiophene rings is 1. The average Bonchev–Trinajstić information content (AvgIpc) is 3.14. The molecule has 0 saturated heterocycles. The van der Waals surface area contributed by atoms with Gasteiger partial charge in [0.25, 0.3) is 0 Å². The van der Waals surface area contributed by atoms with Gasteiger partial charge in [0, 0.05) is 24.4 Å². The van der Waals surface area contributed by atoms with Crippen LogP contribution in [-0.4, -0.2) is 43.5 Å². The van der Waals surface area contributed by atoms with Gasteiger partial charge in [-0.25, -0.2) is 0 Å². The van der Waals surface area contributed by atoms with Gasteiger partial charge in [0.1, 0.15) is 0 Å². The zero-order chi connectivity index (χ0) is 18.4. The van der Waals surface area contributed by atoms with Crippen molar-refractivity contribution in [1.82, 2.24) is 10.2 Å². The Labute approximate surface area is 158 Å². The van der Waals surface area contributed by atoms with E-state index in [2.05, 4.69) is 38.5 Å². The summed E-state index contributed by atoms with van der Waals surface area (Å²) in [6, 6.07) is 12.6. The number of amides is 1. The summed E-state index contributed by atoms with van der Waals surface area (Å²) in [7, 11) is 1.37. The number of carbonyl (C=O) groups is 2. The molecule has 6 heteroatoms. The molecule has 1 N–H and O–H groups in total. The van der Waals surface area contributed by atoms with Crippen LogP contribution in [0, 0.1) is 0 Å². The lowest BCUT2D eigenvalue weighted by molar-refractivity contribution is -0.140. The van der Waals surface area contributed by atoms with Crippen molar-refractivity contribution in [1.29, 1.82) is 0 Å². The largest absolute Gasteiger partial charge is 0.469 e. The van der Waals surface area contributed by atoms with Crippen molar-refractivity contribution in [2.45, 2.75) is 25.3 Å². The molecule has 0 bridgehead atoms. The molecule has 0 radical (unpaired) electrons. The third kappa shape index (κ3) is 4.51. The van der Waals surface area contributed by atoms with Gasteiger partial charge in [-0.2, -0.15) is 0 Å². The number of methoxy groups -OCH3 is 1. The van der Waals surface area contributed by atoms with E-state index >= 15 is 0 Å². The molecular weight excluding hydrogens is 348 g/mol. The number of hydrogen-bond acceptors (Lipinski definition) is 5. The summed E-state index contributed by atoms with van der Waals surface area (Å²) in [5, 5.41) is 5.05. The molecule has 5 nitrogen and oxygen atoms in total. The lowest BCUT2D eigenvalue weighted by Gasteiger charge is -2.35. The van der Waals surface area contributed by atoms with Crippen molar-refractivity contribution in [2.24, 2.45) is 0 Å². The third-order valence-corrected chi connectivity index (χ3v) is 5.63. The second-order valence-electron chi connectivity index (χ2n) is 6.36. The summed E-state index contributed by atoms with van der Waals surface area (Å²) in [5.74, 6) is -0.251. The monoisotopic (exact) mass is 372 g/mol. The Morgan fingerprint density at radius 3 is 2.85 bits per heavy atom. The first kappa shape index (κ1) is 18.6. The van der Waals surface area contributed by atoms with E-state index in [-0.39, 0.29) is 17.9 Å². The first-order valence-corrected chi connectivity index (χ1v) is 9.76. The van der Waals surface area contributed by atoms with E-state index in [0.29, 0.717) is 25.9 Å². The number of rotatable bonds is 7. The molecule has 3 rings (SSSR count). The van der Waals surface area contributed by atoms with Crippen LogP contribution in [0.2, 0.25) is 0 Å². The van der Waals surface area contributed by atoms with Gasteiger partial charge in [-0.15, -0.1) is 11.3 Å². The number of hydrogen-bond donors (Lipinski definition) is 1. The first-order chi connectivity index (χ1) is 12.7.